The van der Waals surface area contributed by atoms with Crippen LogP contribution in [0.25, 0.3) is 0 Å². The van der Waals surface area contributed by atoms with Crippen LogP contribution in [-0.4, -0.2) is 41.1 Å². The molecule has 3 unspecified atom stereocenters. The number of ether oxygens (including phenoxy) is 2. The topological polar surface area (TPSA) is 89.9 Å². The maximum absolute atomic E-state index is 11.7. The number of esters is 2. The van der Waals surface area contributed by atoms with Gasteiger partial charge in [0.25, 0.3) is 0 Å². The summed E-state index contributed by atoms with van der Waals surface area (Å²) in [5, 5.41) is 9.15. The van der Waals surface area contributed by atoms with Crippen molar-refractivity contribution in [1.29, 1.82) is 0 Å². The zero-order valence-electron chi connectivity index (χ0n) is 12.4. The molecule has 0 radical (unpaired) electrons. The van der Waals surface area contributed by atoms with E-state index in [-0.39, 0.29) is 18.6 Å². The minimum atomic E-state index is -1.06. The highest BCUT2D eigenvalue weighted by atomic mass is 16.6. The molecule has 0 saturated heterocycles. The van der Waals surface area contributed by atoms with Crippen molar-refractivity contribution in [3.05, 3.63) is 23.8 Å². The summed E-state index contributed by atoms with van der Waals surface area (Å²) < 4.78 is 10.3. The van der Waals surface area contributed by atoms with Gasteiger partial charge in [-0.1, -0.05) is 6.08 Å². The van der Waals surface area contributed by atoms with E-state index in [1.165, 1.54) is 19.1 Å². The summed E-state index contributed by atoms with van der Waals surface area (Å²) in [5.41, 5.74) is 0.444. The van der Waals surface area contributed by atoms with Crippen LogP contribution in [0.3, 0.4) is 0 Å². The molecule has 3 atom stereocenters. The second kappa shape index (κ2) is 7.73. The number of hydrogen-bond acceptors (Lipinski definition) is 6. The van der Waals surface area contributed by atoms with Gasteiger partial charge in [-0.05, 0) is 33.3 Å². The Morgan fingerprint density at radius 3 is 2.76 bits per heavy atom. The van der Waals surface area contributed by atoms with E-state index in [1.54, 1.807) is 19.9 Å². The molecule has 0 aliphatic carbocycles. The minimum absolute atomic E-state index is 0.0418. The van der Waals surface area contributed by atoms with Crippen molar-refractivity contribution in [1.82, 2.24) is 0 Å². The molecule has 0 spiro atoms. The SMILES string of the molecule is C/C=C(\C)C(=O)OC1C=CC(=O)OC1CCC(=O)C(C)O. The third-order valence-electron chi connectivity index (χ3n) is 3.20. The summed E-state index contributed by atoms with van der Waals surface area (Å²) >= 11 is 0. The van der Waals surface area contributed by atoms with Crippen molar-refractivity contribution in [2.45, 2.75) is 51.9 Å². The van der Waals surface area contributed by atoms with Crippen LogP contribution in [0.15, 0.2) is 23.8 Å². The molecule has 0 aromatic heterocycles. The largest absolute Gasteiger partial charge is 0.455 e. The van der Waals surface area contributed by atoms with E-state index < -0.39 is 30.3 Å². The molecule has 21 heavy (non-hydrogen) atoms. The maximum Gasteiger partial charge on any atom is 0.334 e. The summed E-state index contributed by atoms with van der Waals surface area (Å²) in [5.74, 6) is -1.40. The zero-order valence-corrected chi connectivity index (χ0v) is 12.4. The predicted octanol–water partition coefficient (Wildman–Crippen LogP) is 1.08. The zero-order chi connectivity index (χ0) is 16.0. The van der Waals surface area contributed by atoms with Gasteiger partial charge in [0.15, 0.2) is 11.9 Å². The first kappa shape index (κ1) is 17.1. The number of cyclic esters (lactones) is 1. The molecule has 1 aliphatic heterocycles. The van der Waals surface area contributed by atoms with E-state index in [4.69, 9.17) is 14.6 Å². The van der Waals surface area contributed by atoms with Gasteiger partial charge in [0.2, 0.25) is 0 Å². The molecule has 1 heterocycles. The highest BCUT2D eigenvalue weighted by Gasteiger charge is 2.30. The fourth-order valence-electron chi connectivity index (χ4n) is 1.72. The van der Waals surface area contributed by atoms with Crippen LogP contribution in [-0.2, 0) is 23.9 Å². The number of carbonyl (C=O) groups excluding carboxylic acids is 3. The molecule has 0 amide bonds. The summed E-state index contributed by atoms with van der Waals surface area (Å²) in [6.07, 6.45) is 1.97. The summed E-state index contributed by atoms with van der Waals surface area (Å²) in [4.78, 5) is 34.4. The summed E-state index contributed by atoms with van der Waals surface area (Å²) in [7, 11) is 0. The van der Waals surface area contributed by atoms with Gasteiger partial charge in [-0.2, -0.15) is 0 Å². The Kier molecular flexibility index (Phi) is 6.30. The van der Waals surface area contributed by atoms with Gasteiger partial charge in [-0.15, -0.1) is 0 Å². The number of Topliss-reactive ketones (excluding diaryl/α,β-unsaturated/α-hetero) is 1. The third-order valence-corrected chi connectivity index (χ3v) is 3.20. The molecule has 6 heteroatoms. The highest BCUT2D eigenvalue weighted by molar-refractivity contribution is 5.88. The number of hydrogen-bond donors (Lipinski definition) is 1. The lowest BCUT2D eigenvalue weighted by Crippen LogP contribution is -2.37. The average molecular weight is 296 g/mol. The monoisotopic (exact) mass is 296 g/mol. The molecule has 0 fully saturated rings. The number of allylic oxidation sites excluding steroid dienone is 1. The van der Waals surface area contributed by atoms with Crippen molar-refractivity contribution in [3.8, 4) is 0 Å². The maximum atomic E-state index is 11.7. The van der Waals surface area contributed by atoms with Crippen LogP contribution in [0.5, 0.6) is 0 Å². The van der Waals surface area contributed by atoms with Crippen LogP contribution in [0.2, 0.25) is 0 Å². The van der Waals surface area contributed by atoms with Gasteiger partial charge >= 0.3 is 11.9 Å². The Bertz CT molecular complexity index is 475. The first-order valence-corrected chi connectivity index (χ1v) is 6.78. The third kappa shape index (κ3) is 5.15. The molecule has 0 aromatic carbocycles. The lowest BCUT2D eigenvalue weighted by Gasteiger charge is -2.27. The molecule has 1 aliphatic rings. The number of carbonyl (C=O) groups is 3. The molecule has 116 valence electrons. The lowest BCUT2D eigenvalue weighted by atomic mass is 10.0. The van der Waals surface area contributed by atoms with Crippen molar-refractivity contribution in [3.63, 3.8) is 0 Å². The second-order valence-corrected chi connectivity index (χ2v) is 4.86. The average Bonchev–Trinajstić information content (AvgIpc) is 2.45. The predicted molar refractivity (Wildman–Crippen MR) is 74.3 cm³/mol. The molecule has 0 aromatic rings. The van der Waals surface area contributed by atoms with Gasteiger partial charge in [-0.3, -0.25) is 4.79 Å². The molecular weight excluding hydrogens is 276 g/mol. The molecule has 0 bridgehead atoms. The van der Waals surface area contributed by atoms with Gasteiger partial charge in [0, 0.05) is 18.1 Å². The van der Waals surface area contributed by atoms with Crippen LogP contribution in [0.4, 0.5) is 0 Å². The Morgan fingerprint density at radius 2 is 2.19 bits per heavy atom. The fourth-order valence-corrected chi connectivity index (χ4v) is 1.72. The molecule has 6 nitrogen and oxygen atoms in total. The quantitative estimate of drug-likeness (QED) is 0.582. The Labute approximate surface area is 123 Å². The van der Waals surface area contributed by atoms with Crippen molar-refractivity contribution in [2.24, 2.45) is 0 Å². The van der Waals surface area contributed by atoms with Crippen LogP contribution in [0, 0.1) is 0 Å². The van der Waals surface area contributed by atoms with Crippen LogP contribution >= 0.6 is 0 Å². The first-order valence-electron chi connectivity index (χ1n) is 6.78. The van der Waals surface area contributed by atoms with E-state index in [0.29, 0.717) is 5.57 Å². The van der Waals surface area contributed by atoms with E-state index in [9.17, 15) is 14.4 Å². The molecule has 1 N–H and O–H groups in total. The Morgan fingerprint density at radius 1 is 1.52 bits per heavy atom. The van der Waals surface area contributed by atoms with Crippen LogP contribution < -0.4 is 0 Å². The van der Waals surface area contributed by atoms with Gasteiger partial charge in [-0.25, -0.2) is 9.59 Å². The van der Waals surface area contributed by atoms with Crippen molar-refractivity contribution in [2.75, 3.05) is 0 Å². The Hall–Kier alpha value is -1.95. The fraction of sp³-hybridized carbons (Fsp3) is 0.533. The number of ketones is 1. The molecular formula is C15H20O6. The van der Waals surface area contributed by atoms with Crippen molar-refractivity contribution >= 4 is 17.7 Å². The number of aliphatic hydroxyl groups is 1. The van der Waals surface area contributed by atoms with Gasteiger partial charge in [0.05, 0.1) is 0 Å². The first-order chi connectivity index (χ1) is 9.85. The number of rotatable bonds is 6. The van der Waals surface area contributed by atoms with E-state index >= 15 is 0 Å². The van der Waals surface area contributed by atoms with E-state index in [1.807, 2.05) is 0 Å². The van der Waals surface area contributed by atoms with Gasteiger partial charge in [0.1, 0.15) is 12.2 Å². The van der Waals surface area contributed by atoms with E-state index in [2.05, 4.69) is 0 Å². The smallest absolute Gasteiger partial charge is 0.334 e. The minimum Gasteiger partial charge on any atom is -0.455 e. The highest BCUT2D eigenvalue weighted by Crippen LogP contribution is 2.19. The normalized spacial score (nSPS) is 23.4. The Balaban J connectivity index is 2.70. The standard InChI is InChI=1S/C15H20O6/c1-4-9(2)15(19)21-13-7-8-14(18)20-12(13)6-5-11(17)10(3)16/h4,7-8,10,12-13,16H,5-6H2,1-3H3/b9-4+. The van der Waals surface area contributed by atoms with E-state index in [0.717, 1.165) is 0 Å². The summed E-state index contributed by atoms with van der Waals surface area (Å²) in [6, 6.07) is 0. The molecule has 1 rings (SSSR count). The van der Waals surface area contributed by atoms with Gasteiger partial charge < -0.3 is 14.6 Å². The van der Waals surface area contributed by atoms with Crippen molar-refractivity contribution < 1.29 is 29.0 Å². The number of aliphatic hydroxyl groups excluding tert-OH is 1. The summed E-state index contributed by atoms with van der Waals surface area (Å²) in [6.45, 7) is 4.71. The molecule has 0 saturated carbocycles. The van der Waals surface area contributed by atoms with Crippen LogP contribution in [0.1, 0.15) is 33.6 Å². The lowest BCUT2D eigenvalue weighted by molar-refractivity contribution is -0.161. The second-order valence-electron chi connectivity index (χ2n) is 4.86.